The van der Waals surface area contributed by atoms with Gasteiger partial charge in [-0.1, -0.05) is 13.0 Å². The van der Waals surface area contributed by atoms with Gasteiger partial charge in [-0.15, -0.1) is 0 Å². The van der Waals surface area contributed by atoms with Crippen molar-refractivity contribution in [3.05, 3.63) is 46.0 Å². The van der Waals surface area contributed by atoms with Crippen molar-refractivity contribution in [1.82, 2.24) is 14.3 Å². The SMILES string of the molecule is Cc1ccc2nc(CN3CCSC(C)C3C)cc(=O)n2c1. The van der Waals surface area contributed by atoms with Gasteiger partial charge in [0.1, 0.15) is 5.65 Å². The molecule has 4 nitrogen and oxygen atoms in total. The summed E-state index contributed by atoms with van der Waals surface area (Å²) in [5, 5.41) is 0.628. The van der Waals surface area contributed by atoms with Crippen molar-refractivity contribution in [1.29, 1.82) is 0 Å². The Balaban J connectivity index is 1.91. The molecule has 112 valence electrons. The van der Waals surface area contributed by atoms with Crippen LogP contribution in [0, 0.1) is 6.92 Å². The highest BCUT2D eigenvalue weighted by Gasteiger charge is 2.25. The van der Waals surface area contributed by atoms with Crippen LogP contribution in [0.15, 0.2) is 29.2 Å². The smallest absolute Gasteiger partial charge is 0.258 e. The van der Waals surface area contributed by atoms with Gasteiger partial charge in [-0.05, 0) is 25.5 Å². The van der Waals surface area contributed by atoms with E-state index in [1.807, 2.05) is 37.0 Å². The Bertz CT molecular complexity index is 712. The minimum absolute atomic E-state index is 0.00536. The second-order valence-corrected chi connectivity index (χ2v) is 7.29. The highest BCUT2D eigenvalue weighted by Crippen LogP contribution is 2.25. The quantitative estimate of drug-likeness (QED) is 0.853. The van der Waals surface area contributed by atoms with Crippen molar-refractivity contribution in [3.8, 4) is 0 Å². The van der Waals surface area contributed by atoms with Crippen molar-refractivity contribution < 1.29 is 0 Å². The Labute approximate surface area is 129 Å². The van der Waals surface area contributed by atoms with E-state index in [-0.39, 0.29) is 5.56 Å². The zero-order valence-corrected chi connectivity index (χ0v) is 13.6. The van der Waals surface area contributed by atoms with E-state index >= 15 is 0 Å². The van der Waals surface area contributed by atoms with Crippen molar-refractivity contribution >= 4 is 17.4 Å². The zero-order valence-electron chi connectivity index (χ0n) is 12.7. The van der Waals surface area contributed by atoms with Gasteiger partial charge in [-0.25, -0.2) is 4.98 Å². The van der Waals surface area contributed by atoms with Crippen LogP contribution in [0.3, 0.4) is 0 Å². The highest BCUT2D eigenvalue weighted by molar-refractivity contribution is 8.00. The molecule has 0 aliphatic carbocycles. The maximum absolute atomic E-state index is 12.2. The maximum Gasteiger partial charge on any atom is 0.258 e. The number of hydrogen-bond acceptors (Lipinski definition) is 4. The van der Waals surface area contributed by atoms with E-state index in [1.165, 1.54) is 0 Å². The molecule has 0 bridgehead atoms. The summed E-state index contributed by atoms with van der Waals surface area (Å²) in [7, 11) is 0. The summed E-state index contributed by atoms with van der Waals surface area (Å²) in [5.74, 6) is 1.15. The van der Waals surface area contributed by atoms with Gasteiger partial charge in [-0.3, -0.25) is 14.1 Å². The second-order valence-electron chi connectivity index (χ2n) is 5.81. The molecule has 5 heteroatoms. The molecule has 2 atom stereocenters. The van der Waals surface area contributed by atoms with Gasteiger partial charge >= 0.3 is 0 Å². The van der Waals surface area contributed by atoms with Gasteiger partial charge in [0.05, 0.1) is 5.69 Å². The molecule has 0 spiro atoms. The zero-order chi connectivity index (χ0) is 15.0. The maximum atomic E-state index is 12.2. The average molecular weight is 303 g/mol. The minimum Gasteiger partial charge on any atom is -0.293 e. The van der Waals surface area contributed by atoms with Crippen LogP contribution in [-0.4, -0.2) is 37.9 Å². The summed E-state index contributed by atoms with van der Waals surface area (Å²) in [4.78, 5) is 19.3. The summed E-state index contributed by atoms with van der Waals surface area (Å²) in [6.07, 6.45) is 1.84. The summed E-state index contributed by atoms with van der Waals surface area (Å²) in [6, 6.07) is 6.10. The molecule has 2 unspecified atom stereocenters. The summed E-state index contributed by atoms with van der Waals surface area (Å²) >= 11 is 2.02. The fourth-order valence-electron chi connectivity index (χ4n) is 2.77. The first-order chi connectivity index (χ1) is 10.0. The molecular formula is C16H21N3OS. The summed E-state index contributed by atoms with van der Waals surface area (Å²) in [5.41, 5.74) is 2.67. The number of hydrogen-bond donors (Lipinski definition) is 0. The summed E-state index contributed by atoms with van der Waals surface area (Å²) in [6.45, 7) is 8.33. The first-order valence-corrected chi connectivity index (χ1v) is 8.44. The Kier molecular flexibility index (Phi) is 4.04. The van der Waals surface area contributed by atoms with Crippen LogP contribution in [0.2, 0.25) is 0 Å². The number of aromatic nitrogens is 2. The monoisotopic (exact) mass is 303 g/mol. The molecule has 0 saturated carbocycles. The van der Waals surface area contributed by atoms with E-state index in [9.17, 15) is 4.79 Å². The Morgan fingerprint density at radius 1 is 1.38 bits per heavy atom. The molecule has 1 aliphatic rings. The molecule has 3 rings (SSSR count). The van der Waals surface area contributed by atoms with E-state index in [0.29, 0.717) is 11.3 Å². The number of aryl methyl sites for hydroxylation is 1. The third-order valence-electron chi connectivity index (χ3n) is 4.24. The van der Waals surface area contributed by atoms with E-state index in [1.54, 1.807) is 10.5 Å². The second kappa shape index (κ2) is 5.81. The van der Waals surface area contributed by atoms with E-state index in [2.05, 4.69) is 23.7 Å². The average Bonchev–Trinajstić information content (AvgIpc) is 2.45. The standard InChI is InChI=1S/C16H21N3OS/c1-11-4-5-15-17-14(8-16(20)19(15)9-11)10-18-6-7-21-13(3)12(18)2/h4-5,8-9,12-13H,6-7,10H2,1-3H3. The Morgan fingerprint density at radius 3 is 3.00 bits per heavy atom. The number of pyridine rings is 1. The molecule has 1 fully saturated rings. The van der Waals surface area contributed by atoms with Crippen molar-refractivity contribution in [2.45, 2.75) is 38.6 Å². The number of nitrogens with zero attached hydrogens (tertiary/aromatic N) is 3. The fourth-order valence-corrected chi connectivity index (χ4v) is 3.93. The lowest BCUT2D eigenvalue weighted by atomic mass is 10.2. The van der Waals surface area contributed by atoms with Gasteiger partial charge in [0.15, 0.2) is 0 Å². The van der Waals surface area contributed by atoms with Gasteiger partial charge in [0.2, 0.25) is 0 Å². The van der Waals surface area contributed by atoms with E-state index in [4.69, 9.17) is 0 Å². The fraction of sp³-hybridized carbons (Fsp3) is 0.500. The number of fused-ring (bicyclic) bond motifs is 1. The third-order valence-corrected chi connectivity index (χ3v) is 5.58. The minimum atomic E-state index is 0.00536. The van der Waals surface area contributed by atoms with E-state index in [0.717, 1.165) is 35.7 Å². The topological polar surface area (TPSA) is 37.6 Å². The Morgan fingerprint density at radius 2 is 2.19 bits per heavy atom. The van der Waals surface area contributed by atoms with Crippen LogP contribution in [0.1, 0.15) is 25.1 Å². The molecule has 0 aromatic carbocycles. The molecule has 2 aromatic rings. The largest absolute Gasteiger partial charge is 0.293 e. The lowest BCUT2D eigenvalue weighted by Gasteiger charge is -2.37. The molecule has 1 aliphatic heterocycles. The van der Waals surface area contributed by atoms with Crippen LogP contribution >= 0.6 is 11.8 Å². The van der Waals surface area contributed by atoms with E-state index < -0.39 is 0 Å². The normalized spacial score (nSPS) is 23.6. The first-order valence-electron chi connectivity index (χ1n) is 7.39. The van der Waals surface area contributed by atoms with Gasteiger partial charge in [0.25, 0.3) is 5.56 Å². The summed E-state index contributed by atoms with van der Waals surface area (Å²) < 4.78 is 1.62. The molecule has 0 radical (unpaired) electrons. The molecule has 1 saturated heterocycles. The van der Waals surface area contributed by atoms with Gasteiger partial charge < -0.3 is 0 Å². The lowest BCUT2D eigenvalue weighted by molar-refractivity contribution is 0.202. The van der Waals surface area contributed by atoms with Crippen LogP contribution < -0.4 is 5.56 Å². The molecule has 0 amide bonds. The molecular weight excluding hydrogens is 282 g/mol. The van der Waals surface area contributed by atoms with Crippen LogP contribution in [0.5, 0.6) is 0 Å². The Hall–Kier alpha value is -1.33. The number of thioether (sulfide) groups is 1. The molecule has 21 heavy (non-hydrogen) atoms. The lowest BCUT2D eigenvalue weighted by Crippen LogP contribution is -2.44. The van der Waals surface area contributed by atoms with Crippen molar-refractivity contribution in [2.75, 3.05) is 12.3 Å². The molecule has 2 aromatic heterocycles. The number of rotatable bonds is 2. The van der Waals surface area contributed by atoms with Crippen molar-refractivity contribution in [3.63, 3.8) is 0 Å². The van der Waals surface area contributed by atoms with Crippen LogP contribution in [0.25, 0.3) is 5.65 Å². The first kappa shape index (κ1) is 14.6. The predicted molar refractivity (Wildman–Crippen MR) is 88.0 cm³/mol. The highest BCUT2D eigenvalue weighted by atomic mass is 32.2. The van der Waals surface area contributed by atoms with Crippen LogP contribution in [-0.2, 0) is 6.54 Å². The molecule has 0 N–H and O–H groups in total. The van der Waals surface area contributed by atoms with Crippen molar-refractivity contribution in [2.24, 2.45) is 0 Å². The third kappa shape index (κ3) is 2.99. The predicted octanol–water partition coefficient (Wildman–Crippen LogP) is 2.33. The van der Waals surface area contributed by atoms with Crippen LogP contribution in [0.4, 0.5) is 0 Å². The van der Waals surface area contributed by atoms with Gasteiger partial charge in [-0.2, -0.15) is 11.8 Å². The molecule has 3 heterocycles. The van der Waals surface area contributed by atoms with Gasteiger partial charge in [0, 0.05) is 42.4 Å².